The monoisotopic (exact) mass is 434 g/mol. The van der Waals surface area contributed by atoms with Crippen molar-refractivity contribution in [3.05, 3.63) is 47.7 Å². The van der Waals surface area contributed by atoms with Crippen LogP contribution in [0.15, 0.2) is 36.4 Å². The van der Waals surface area contributed by atoms with Crippen LogP contribution < -0.4 is 9.47 Å². The second kappa shape index (κ2) is 8.57. The first-order valence-electron chi connectivity index (χ1n) is 10.6. The average molecular weight is 434 g/mol. The van der Waals surface area contributed by atoms with Gasteiger partial charge in [0.1, 0.15) is 23.4 Å². The maximum absolute atomic E-state index is 12.0. The summed E-state index contributed by atoms with van der Waals surface area (Å²) >= 11 is 0. The number of carboxylic acid groups (broad SMARTS) is 1. The van der Waals surface area contributed by atoms with Crippen molar-refractivity contribution in [3.63, 3.8) is 0 Å². The Morgan fingerprint density at radius 2 is 1.75 bits per heavy atom. The number of carbonyl (C=O) groups is 2. The summed E-state index contributed by atoms with van der Waals surface area (Å²) in [5, 5.41) is 10.4. The molecule has 1 fully saturated rings. The van der Waals surface area contributed by atoms with Gasteiger partial charge in [0.05, 0.1) is 29.9 Å². The highest BCUT2D eigenvalue weighted by molar-refractivity contribution is 5.91. The van der Waals surface area contributed by atoms with Crippen LogP contribution in [0.25, 0.3) is 22.3 Å². The molecule has 1 N–H and O–H groups in total. The Bertz CT molecular complexity index is 1180. The van der Waals surface area contributed by atoms with Gasteiger partial charge in [0.2, 0.25) is 0 Å². The highest BCUT2D eigenvalue weighted by atomic mass is 16.5. The first-order valence-corrected chi connectivity index (χ1v) is 10.6. The van der Waals surface area contributed by atoms with Gasteiger partial charge in [0.15, 0.2) is 0 Å². The number of carboxylic acids is 1. The Morgan fingerprint density at radius 1 is 1.00 bits per heavy atom. The SMILES string of the molecule is COc1ccc2c(O[C@@H]3C[C@@H](C(C)=O)[C@H](C(=O)O)C3)cc(-c3cccc(C)n3)nc2c1C. The van der Waals surface area contributed by atoms with Gasteiger partial charge < -0.3 is 14.6 Å². The van der Waals surface area contributed by atoms with Crippen molar-refractivity contribution in [2.45, 2.75) is 39.7 Å². The first-order chi connectivity index (χ1) is 15.3. The van der Waals surface area contributed by atoms with Crippen molar-refractivity contribution in [1.29, 1.82) is 0 Å². The van der Waals surface area contributed by atoms with E-state index in [0.717, 1.165) is 27.9 Å². The van der Waals surface area contributed by atoms with Gasteiger partial charge in [-0.1, -0.05) is 6.07 Å². The second-order valence-electron chi connectivity index (χ2n) is 8.33. The zero-order valence-corrected chi connectivity index (χ0v) is 18.6. The number of fused-ring (bicyclic) bond motifs is 1. The maximum Gasteiger partial charge on any atom is 0.307 e. The molecule has 0 spiro atoms. The number of nitrogens with zero attached hydrogens (tertiary/aromatic N) is 2. The van der Waals surface area contributed by atoms with E-state index in [1.165, 1.54) is 6.92 Å². The standard InChI is InChI=1S/C25H26N2O5/c1-13-6-5-7-20(26-13)21-12-23(17-8-9-22(31-4)14(2)24(17)27-21)32-16-10-18(15(3)28)19(11-16)25(29)30/h5-9,12,16,18-19H,10-11H2,1-4H3,(H,29,30)/t16-,18+,19-/m1/s1. The molecular weight excluding hydrogens is 408 g/mol. The molecule has 0 unspecified atom stereocenters. The summed E-state index contributed by atoms with van der Waals surface area (Å²) in [4.78, 5) is 33.1. The van der Waals surface area contributed by atoms with Gasteiger partial charge >= 0.3 is 5.97 Å². The Hall–Kier alpha value is -3.48. The Morgan fingerprint density at radius 3 is 2.38 bits per heavy atom. The summed E-state index contributed by atoms with van der Waals surface area (Å²) < 4.78 is 11.8. The number of aliphatic carboxylic acids is 1. The maximum atomic E-state index is 12.0. The molecule has 32 heavy (non-hydrogen) atoms. The summed E-state index contributed by atoms with van der Waals surface area (Å²) in [6.07, 6.45) is 0.288. The van der Waals surface area contributed by atoms with Crippen LogP contribution in [0.3, 0.4) is 0 Å². The zero-order chi connectivity index (χ0) is 23.0. The van der Waals surface area contributed by atoms with Crippen LogP contribution in [0, 0.1) is 25.7 Å². The summed E-state index contributed by atoms with van der Waals surface area (Å²) in [6.45, 7) is 5.30. The number of Topliss-reactive ketones (excluding diaryl/α,β-unsaturated/α-hetero) is 1. The molecule has 3 atom stereocenters. The van der Waals surface area contributed by atoms with Gasteiger partial charge in [-0.3, -0.25) is 14.6 Å². The summed E-state index contributed by atoms with van der Waals surface area (Å²) in [6, 6.07) is 11.3. The number of hydrogen-bond donors (Lipinski definition) is 1. The average Bonchev–Trinajstić information content (AvgIpc) is 3.19. The smallest absolute Gasteiger partial charge is 0.307 e. The minimum atomic E-state index is -0.957. The third-order valence-electron chi connectivity index (χ3n) is 6.17. The van der Waals surface area contributed by atoms with Crippen LogP contribution in [0.1, 0.15) is 31.0 Å². The fourth-order valence-corrected chi connectivity index (χ4v) is 4.50. The van der Waals surface area contributed by atoms with Crippen molar-refractivity contribution >= 4 is 22.7 Å². The number of carbonyl (C=O) groups excluding carboxylic acids is 1. The quantitative estimate of drug-likeness (QED) is 0.615. The van der Waals surface area contributed by atoms with Gasteiger partial charge in [0.25, 0.3) is 0 Å². The van der Waals surface area contributed by atoms with E-state index >= 15 is 0 Å². The number of ketones is 1. The molecule has 1 aliphatic rings. The Kier molecular flexibility index (Phi) is 5.82. The number of aromatic nitrogens is 2. The van der Waals surface area contributed by atoms with Crippen LogP contribution in [-0.2, 0) is 9.59 Å². The molecule has 0 radical (unpaired) electrons. The summed E-state index contributed by atoms with van der Waals surface area (Å²) in [5.41, 5.74) is 3.86. The fraction of sp³-hybridized carbons (Fsp3) is 0.360. The van der Waals surface area contributed by atoms with Crippen molar-refractivity contribution < 1.29 is 24.2 Å². The largest absolute Gasteiger partial charge is 0.496 e. The van der Waals surface area contributed by atoms with E-state index in [9.17, 15) is 14.7 Å². The van der Waals surface area contributed by atoms with Crippen molar-refractivity contribution in [2.75, 3.05) is 7.11 Å². The molecule has 166 valence electrons. The lowest BCUT2D eigenvalue weighted by molar-refractivity contribution is -0.145. The van der Waals surface area contributed by atoms with Crippen molar-refractivity contribution in [1.82, 2.24) is 9.97 Å². The molecule has 1 aromatic carbocycles. The highest BCUT2D eigenvalue weighted by Gasteiger charge is 2.42. The first kappa shape index (κ1) is 21.7. The number of benzene rings is 1. The number of hydrogen-bond acceptors (Lipinski definition) is 6. The molecule has 2 heterocycles. The molecule has 1 saturated carbocycles. The van der Waals surface area contributed by atoms with Crippen LogP contribution in [0.4, 0.5) is 0 Å². The number of aryl methyl sites for hydroxylation is 2. The molecular formula is C25H26N2O5. The molecule has 0 saturated heterocycles. The Balaban J connectivity index is 1.80. The lowest BCUT2D eigenvalue weighted by atomic mass is 9.93. The van der Waals surface area contributed by atoms with Gasteiger partial charge in [-0.25, -0.2) is 4.98 Å². The van der Waals surface area contributed by atoms with E-state index in [4.69, 9.17) is 14.5 Å². The fourth-order valence-electron chi connectivity index (χ4n) is 4.50. The molecule has 0 amide bonds. The second-order valence-corrected chi connectivity index (χ2v) is 8.33. The lowest BCUT2D eigenvalue weighted by Gasteiger charge is -2.18. The molecule has 7 heteroatoms. The number of ether oxygens (including phenoxy) is 2. The molecule has 7 nitrogen and oxygen atoms in total. The van der Waals surface area contributed by atoms with Crippen molar-refractivity contribution in [2.24, 2.45) is 11.8 Å². The van der Waals surface area contributed by atoms with Crippen LogP contribution in [-0.4, -0.2) is 40.0 Å². The molecule has 4 rings (SSSR count). The number of methoxy groups -OCH3 is 1. The van der Waals surface area contributed by atoms with E-state index in [1.807, 2.05) is 50.2 Å². The van der Waals surface area contributed by atoms with Crippen molar-refractivity contribution in [3.8, 4) is 22.9 Å². The lowest BCUT2D eigenvalue weighted by Crippen LogP contribution is -2.23. The minimum Gasteiger partial charge on any atom is -0.496 e. The van der Waals surface area contributed by atoms with Gasteiger partial charge in [-0.2, -0.15) is 0 Å². The topological polar surface area (TPSA) is 98.6 Å². The zero-order valence-electron chi connectivity index (χ0n) is 18.6. The highest BCUT2D eigenvalue weighted by Crippen LogP contribution is 2.39. The molecule has 0 bridgehead atoms. The van der Waals surface area contributed by atoms with Gasteiger partial charge in [-0.15, -0.1) is 0 Å². The summed E-state index contributed by atoms with van der Waals surface area (Å²) in [7, 11) is 1.62. The normalized spacial score (nSPS) is 20.3. The third-order valence-corrected chi connectivity index (χ3v) is 6.17. The predicted molar refractivity (Wildman–Crippen MR) is 120 cm³/mol. The molecule has 3 aromatic rings. The van der Waals surface area contributed by atoms with E-state index in [1.54, 1.807) is 7.11 Å². The molecule has 2 aromatic heterocycles. The number of rotatable bonds is 6. The van der Waals surface area contributed by atoms with E-state index < -0.39 is 17.8 Å². The van der Waals surface area contributed by atoms with E-state index in [-0.39, 0.29) is 18.3 Å². The minimum absolute atomic E-state index is 0.117. The predicted octanol–water partition coefficient (Wildman–Crippen LogP) is 4.37. The number of pyridine rings is 2. The molecule has 1 aliphatic carbocycles. The van der Waals surface area contributed by atoms with Crippen LogP contribution in [0.2, 0.25) is 0 Å². The van der Waals surface area contributed by atoms with E-state index in [0.29, 0.717) is 23.6 Å². The van der Waals surface area contributed by atoms with Gasteiger partial charge in [0, 0.05) is 28.6 Å². The summed E-state index contributed by atoms with van der Waals surface area (Å²) in [5.74, 6) is -1.03. The van der Waals surface area contributed by atoms with E-state index in [2.05, 4.69) is 4.98 Å². The van der Waals surface area contributed by atoms with Crippen LogP contribution in [0.5, 0.6) is 11.5 Å². The van der Waals surface area contributed by atoms with Crippen LogP contribution >= 0.6 is 0 Å². The Labute approximate surface area is 186 Å². The van der Waals surface area contributed by atoms with Gasteiger partial charge in [-0.05, 0) is 57.9 Å². The molecule has 0 aliphatic heterocycles. The third kappa shape index (κ3) is 4.02.